The molecule has 3 nitrogen and oxygen atoms in total. The number of hydrogen-bond donors (Lipinski definition) is 0. The number of carbonyl (C=O) groups is 2. The Bertz CT molecular complexity index is 264. The molecule has 0 rings (SSSR count). The minimum absolute atomic E-state index is 0.163. The topological polar surface area (TPSA) is 43.4 Å². The van der Waals surface area contributed by atoms with Crippen molar-refractivity contribution in [1.82, 2.24) is 0 Å². The van der Waals surface area contributed by atoms with Gasteiger partial charge in [0, 0.05) is 6.42 Å². The molecule has 0 saturated carbocycles. The number of allylic oxidation sites excluding steroid dienone is 2. The highest BCUT2D eigenvalue weighted by Crippen LogP contribution is 2.21. The standard InChI is InChI=1S/C12H18O3/c1-5-7-8-10(13)15-11(14)9-12(3,4)6-2/h5-6H,1-2,7-9H2,3-4H3. The van der Waals surface area contributed by atoms with E-state index in [2.05, 4.69) is 17.9 Å². The molecule has 0 aliphatic heterocycles. The van der Waals surface area contributed by atoms with Gasteiger partial charge in [-0.25, -0.2) is 0 Å². The van der Waals surface area contributed by atoms with Crippen LogP contribution in [0.15, 0.2) is 25.3 Å². The first kappa shape index (κ1) is 13.6. The van der Waals surface area contributed by atoms with Crippen LogP contribution in [0.2, 0.25) is 0 Å². The predicted molar refractivity (Wildman–Crippen MR) is 59.1 cm³/mol. The van der Waals surface area contributed by atoms with E-state index in [0.29, 0.717) is 6.42 Å². The van der Waals surface area contributed by atoms with Crippen molar-refractivity contribution in [2.75, 3.05) is 0 Å². The van der Waals surface area contributed by atoms with Crippen molar-refractivity contribution < 1.29 is 14.3 Å². The van der Waals surface area contributed by atoms with Crippen LogP contribution >= 0.6 is 0 Å². The summed E-state index contributed by atoms with van der Waals surface area (Å²) in [7, 11) is 0. The Hall–Kier alpha value is -1.38. The third-order valence-corrected chi connectivity index (χ3v) is 1.93. The molecule has 0 atom stereocenters. The number of ether oxygens (including phenoxy) is 1. The van der Waals surface area contributed by atoms with Gasteiger partial charge in [-0.15, -0.1) is 13.2 Å². The number of hydrogen-bond acceptors (Lipinski definition) is 3. The largest absolute Gasteiger partial charge is 0.393 e. The van der Waals surface area contributed by atoms with Gasteiger partial charge in [-0.3, -0.25) is 9.59 Å². The van der Waals surface area contributed by atoms with E-state index in [0.717, 1.165) is 0 Å². The lowest BCUT2D eigenvalue weighted by molar-refractivity contribution is -0.160. The van der Waals surface area contributed by atoms with E-state index in [4.69, 9.17) is 0 Å². The molecule has 0 saturated heterocycles. The molecule has 0 unspecified atom stereocenters. The number of rotatable bonds is 6. The van der Waals surface area contributed by atoms with Crippen LogP contribution in [0.3, 0.4) is 0 Å². The van der Waals surface area contributed by atoms with Gasteiger partial charge in [0.25, 0.3) is 0 Å². The Morgan fingerprint density at radius 3 is 2.33 bits per heavy atom. The van der Waals surface area contributed by atoms with Crippen molar-refractivity contribution in [1.29, 1.82) is 0 Å². The lowest BCUT2D eigenvalue weighted by Gasteiger charge is -2.17. The highest BCUT2D eigenvalue weighted by atomic mass is 16.6. The minimum Gasteiger partial charge on any atom is -0.393 e. The molecule has 0 radical (unpaired) electrons. The van der Waals surface area contributed by atoms with Crippen LogP contribution in [-0.2, 0) is 14.3 Å². The Morgan fingerprint density at radius 1 is 1.27 bits per heavy atom. The highest BCUT2D eigenvalue weighted by molar-refractivity contribution is 5.85. The molecule has 0 aromatic rings. The van der Waals surface area contributed by atoms with Gasteiger partial charge in [0.05, 0.1) is 6.42 Å². The maximum atomic E-state index is 11.3. The molecular formula is C12H18O3. The molecule has 0 N–H and O–H groups in total. The third-order valence-electron chi connectivity index (χ3n) is 1.93. The van der Waals surface area contributed by atoms with Gasteiger partial charge in [0.2, 0.25) is 0 Å². The molecule has 0 aliphatic carbocycles. The van der Waals surface area contributed by atoms with Crippen LogP contribution in [0.1, 0.15) is 33.1 Å². The molecule has 3 heteroatoms. The molecule has 0 bridgehead atoms. The van der Waals surface area contributed by atoms with Crippen LogP contribution < -0.4 is 0 Å². The molecule has 0 heterocycles. The molecule has 0 spiro atoms. The van der Waals surface area contributed by atoms with Gasteiger partial charge in [0.1, 0.15) is 0 Å². The summed E-state index contributed by atoms with van der Waals surface area (Å²) in [5, 5.41) is 0. The summed E-state index contributed by atoms with van der Waals surface area (Å²) >= 11 is 0. The number of carbonyl (C=O) groups excluding carboxylic acids is 2. The predicted octanol–water partition coefficient (Wildman–Crippen LogP) is 2.62. The molecule has 0 aromatic carbocycles. The first-order chi connectivity index (χ1) is 6.91. The van der Waals surface area contributed by atoms with E-state index >= 15 is 0 Å². The van der Waals surface area contributed by atoms with Crippen molar-refractivity contribution in [2.45, 2.75) is 33.1 Å². The average Bonchev–Trinajstić information content (AvgIpc) is 2.13. The molecule has 0 aromatic heterocycles. The average molecular weight is 210 g/mol. The zero-order valence-corrected chi connectivity index (χ0v) is 9.41. The van der Waals surface area contributed by atoms with Crippen LogP contribution in [-0.4, -0.2) is 11.9 Å². The van der Waals surface area contributed by atoms with Crippen molar-refractivity contribution in [3.8, 4) is 0 Å². The Balaban J connectivity index is 3.98. The lowest BCUT2D eigenvalue weighted by atomic mass is 9.90. The second-order valence-electron chi connectivity index (χ2n) is 4.04. The van der Waals surface area contributed by atoms with E-state index in [9.17, 15) is 9.59 Å². The summed E-state index contributed by atoms with van der Waals surface area (Å²) in [5.41, 5.74) is -0.337. The fourth-order valence-corrected chi connectivity index (χ4v) is 0.878. The molecular weight excluding hydrogens is 192 g/mol. The summed E-state index contributed by atoms with van der Waals surface area (Å²) in [4.78, 5) is 22.3. The summed E-state index contributed by atoms with van der Waals surface area (Å²) in [5.74, 6) is -1.01. The lowest BCUT2D eigenvalue weighted by Crippen LogP contribution is -2.19. The Kier molecular flexibility index (Phi) is 5.60. The molecule has 0 aliphatic rings. The molecule has 0 amide bonds. The molecule has 84 valence electrons. The normalized spacial score (nSPS) is 10.5. The van der Waals surface area contributed by atoms with E-state index in [1.807, 2.05) is 13.8 Å². The van der Waals surface area contributed by atoms with Crippen molar-refractivity contribution in [2.24, 2.45) is 5.41 Å². The quantitative estimate of drug-likeness (QED) is 0.384. The van der Waals surface area contributed by atoms with Crippen LogP contribution in [0, 0.1) is 5.41 Å². The molecule has 15 heavy (non-hydrogen) atoms. The second kappa shape index (κ2) is 6.17. The van der Waals surface area contributed by atoms with Crippen molar-refractivity contribution in [3.63, 3.8) is 0 Å². The molecule has 0 fully saturated rings. The Morgan fingerprint density at radius 2 is 1.87 bits per heavy atom. The Labute approximate surface area is 90.8 Å². The van der Waals surface area contributed by atoms with E-state index in [1.54, 1.807) is 12.2 Å². The minimum atomic E-state index is -0.506. The zero-order chi connectivity index (χ0) is 11.9. The van der Waals surface area contributed by atoms with Crippen molar-refractivity contribution in [3.05, 3.63) is 25.3 Å². The van der Waals surface area contributed by atoms with Gasteiger partial charge < -0.3 is 4.74 Å². The van der Waals surface area contributed by atoms with Crippen molar-refractivity contribution >= 4 is 11.9 Å². The monoisotopic (exact) mass is 210 g/mol. The first-order valence-corrected chi connectivity index (χ1v) is 4.89. The van der Waals surface area contributed by atoms with Crippen LogP contribution in [0.25, 0.3) is 0 Å². The van der Waals surface area contributed by atoms with E-state index < -0.39 is 11.9 Å². The fraction of sp³-hybridized carbons (Fsp3) is 0.500. The van der Waals surface area contributed by atoms with Gasteiger partial charge in [-0.1, -0.05) is 26.0 Å². The van der Waals surface area contributed by atoms with Gasteiger partial charge >= 0.3 is 11.9 Å². The van der Waals surface area contributed by atoms with Gasteiger partial charge in [-0.05, 0) is 11.8 Å². The third kappa shape index (κ3) is 6.66. The fourth-order valence-electron chi connectivity index (χ4n) is 0.878. The smallest absolute Gasteiger partial charge is 0.314 e. The summed E-state index contributed by atoms with van der Waals surface area (Å²) in [6.45, 7) is 10.8. The number of esters is 2. The first-order valence-electron chi connectivity index (χ1n) is 4.89. The van der Waals surface area contributed by atoms with Crippen LogP contribution in [0.5, 0.6) is 0 Å². The maximum absolute atomic E-state index is 11.3. The second-order valence-corrected chi connectivity index (χ2v) is 4.04. The van der Waals surface area contributed by atoms with E-state index in [1.165, 1.54) is 0 Å². The zero-order valence-electron chi connectivity index (χ0n) is 9.41. The summed E-state index contributed by atoms with van der Waals surface area (Å²) in [6, 6.07) is 0. The summed E-state index contributed by atoms with van der Waals surface area (Å²) in [6.07, 6.45) is 4.17. The van der Waals surface area contributed by atoms with Crippen LogP contribution in [0.4, 0.5) is 0 Å². The van der Waals surface area contributed by atoms with Gasteiger partial charge in [-0.2, -0.15) is 0 Å². The SMILES string of the molecule is C=CCCC(=O)OC(=O)CC(C)(C)C=C. The van der Waals surface area contributed by atoms with Gasteiger partial charge in [0.15, 0.2) is 0 Å². The maximum Gasteiger partial charge on any atom is 0.314 e. The highest BCUT2D eigenvalue weighted by Gasteiger charge is 2.20. The summed E-state index contributed by atoms with van der Waals surface area (Å²) < 4.78 is 4.62. The van der Waals surface area contributed by atoms with E-state index in [-0.39, 0.29) is 18.3 Å².